The van der Waals surface area contributed by atoms with E-state index in [4.69, 9.17) is 9.47 Å². The molecule has 1 aromatic carbocycles. The van der Waals surface area contributed by atoms with E-state index in [0.717, 1.165) is 0 Å². The van der Waals surface area contributed by atoms with Crippen LogP contribution in [0.5, 0.6) is 0 Å². The van der Waals surface area contributed by atoms with Crippen LogP contribution >= 0.6 is 0 Å². The molecule has 0 unspecified atom stereocenters. The number of ketones is 1. The number of aliphatic imine (C=N–C) groups is 1. The van der Waals surface area contributed by atoms with Crippen molar-refractivity contribution in [3.05, 3.63) is 41.0 Å². The van der Waals surface area contributed by atoms with Gasteiger partial charge in [0.15, 0.2) is 5.78 Å². The minimum Gasteiger partial charge on any atom is -0.506 e. The molecule has 0 aromatic heterocycles. The second-order valence-electron chi connectivity index (χ2n) is 5.91. The molecule has 26 heavy (non-hydrogen) atoms. The lowest BCUT2D eigenvalue weighted by Crippen LogP contribution is -2.36. The summed E-state index contributed by atoms with van der Waals surface area (Å²) in [4.78, 5) is 41.7. The van der Waals surface area contributed by atoms with E-state index >= 15 is 0 Å². The fraction of sp³-hybridized carbons (Fsp3) is 0.368. The third kappa shape index (κ3) is 2.79. The fourth-order valence-electron chi connectivity index (χ4n) is 3.30. The maximum Gasteiger partial charge on any atom is 0.315 e. The molecule has 2 aliphatic rings. The van der Waals surface area contributed by atoms with Gasteiger partial charge in [-0.1, -0.05) is 24.3 Å². The lowest BCUT2D eigenvalue weighted by Gasteiger charge is -2.18. The van der Waals surface area contributed by atoms with Crippen molar-refractivity contribution in [2.45, 2.75) is 13.8 Å². The molecule has 1 aliphatic heterocycles. The molecule has 0 spiro atoms. The molecule has 0 saturated heterocycles. The number of esters is 2. The zero-order chi connectivity index (χ0) is 18.8. The molecule has 1 heterocycles. The molecule has 0 amide bonds. The van der Waals surface area contributed by atoms with Crippen molar-refractivity contribution in [1.29, 1.82) is 0 Å². The first-order valence-electron chi connectivity index (χ1n) is 8.46. The molecule has 0 fully saturated rings. The van der Waals surface area contributed by atoms with Crippen molar-refractivity contribution < 1.29 is 29.0 Å². The van der Waals surface area contributed by atoms with Crippen molar-refractivity contribution in [1.82, 2.24) is 0 Å². The zero-order valence-corrected chi connectivity index (χ0v) is 14.5. The van der Waals surface area contributed by atoms with E-state index in [0.29, 0.717) is 11.1 Å². The molecule has 7 heteroatoms. The van der Waals surface area contributed by atoms with Gasteiger partial charge < -0.3 is 14.6 Å². The number of fused-ring (bicyclic) bond motifs is 1. The predicted molar refractivity (Wildman–Crippen MR) is 92.9 cm³/mol. The molecule has 0 radical (unpaired) electrons. The van der Waals surface area contributed by atoms with Crippen molar-refractivity contribution >= 4 is 29.2 Å². The minimum atomic E-state index is -1.08. The molecule has 1 N–H and O–H groups in total. The molecule has 0 bridgehead atoms. The monoisotopic (exact) mass is 357 g/mol. The van der Waals surface area contributed by atoms with Gasteiger partial charge in [-0.2, -0.15) is 0 Å². The molecule has 1 aliphatic carbocycles. The third-order valence-electron chi connectivity index (χ3n) is 4.43. The largest absolute Gasteiger partial charge is 0.506 e. The van der Waals surface area contributed by atoms with Crippen molar-refractivity contribution in [3.8, 4) is 0 Å². The number of aliphatic hydroxyl groups excluding tert-OH is 1. The average molecular weight is 357 g/mol. The number of ether oxygens (including phenoxy) is 2. The van der Waals surface area contributed by atoms with Crippen LogP contribution in [0.1, 0.15) is 29.8 Å². The quantitative estimate of drug-likeness (QED) is 0.808. The summed E-state index contributed by atoms with van der Waals surface area (Å²) < 4.78 is 10.1. The fourth-order valence-corrected chi connectivity index (χ4v) is 3.30. The summed E-state index contributed by atoms with van der Waals surface area (Å²) in [6.45, 7) is 3.60. The average Bonchev–Trinajstić information content (AvgIpc) is 3.16. The van der Waals surface area contributed by atoms with Crippen molar-refractivity contribution in [2.24, 2.45) is 16.8 Å². The SMILES string of the molecule is CCOC(=O)[C@H]1C(C2=C(O)c3ccccc3C2=O)=NC[C@@H]1C(=O)OCC. The second kappa shape index (κ2) is 7.11. The molecule has 2 atom stereocenters. The van der Waals surface area contributed by atoms with Gasteiger partial charge in [-0.25, -0.2) is 0 Å². The van der Waals surface area contributed by atoms with E-state index < -0.39 is 29.6 Å². The molecule has 136 valence electrons. The first kappa shape index (κ1) is 17.8. The molecule has 0 saturated carbocycles. The van der Waals surface area contributed by atoms with E-state index in [1.54, 1.807) is 38.1 Å². The van der Waals surface area contributed by atoms with E-state index in [1.165, 1.54) is 0 Å². The Morgan fingerprint density at radius 2 is 1.73 bits per heavy atom. The maximum absolute atomic E-state index is 12.8. The van der Waals surface area contributed by atoms with Crippen LogP contribution in [0, 0.1) is 11.8 Å². The van der Waals surface area contributed by atoms with Crippen LogP contribution in [0.4, 0.5) is 0 Å². The molecule has 1 aromatic rings. The first-order valence-corrected chi connectivity index (χ1v) is 8.46. The number of Topliss-reactive ketones (excluding diaryl/α,β-unsaturated/α-hetero) is 1. The van der Waals surface area contributed by atoms with Crippen LogP contribution in [0.3, 0.4) is 0 Å². The number of nitrogens with zero attached hydrogens (tertiary/aromatic N) is 1. The molecular formula is C19H19NO6. The number of carbonyl (C=O) groups excluding carboxylic acids is 3. The Kier molecular flexibility index (Phi) is 4.88. The van der Waals surface area contributed by atoms with Gasteiger partial charge in [0.2, 0.25) is 0 Å². The van der Waals surface area contributed by atoms with Gasteiger partial charge in [-0.3, -0.25) is 19.4 Å². The lowest BCUT2D eigenvalue weighted by atomic mass is 9.86. The summed E-state index contributed by atoms with van der Waals surface area (Å²) in [5, 5.41) is 10.5. The number of allylic oxidation sites excluding steroid dienone is 1. The smallest absolute Gasteiger partial charge is 0.315 e. The van der Waals surface area contributed by atoms with E-state index in [9.17, 15) is 19.5 Å². The Bertz CT molecular complexity index is 838. The second-order valence-corrected chi connectivity index (χ2v) is 5.91. The van der Waals surface area contributed by atoms with Crippen LogP contribution in [0.2, 0.25) is 0 Å². The summed E-state index contributed by atoms with van der Waals surface area (Å²) in [5.41, 5.74) is 0.763. The summed E-state index contributed by atoms with van der Waals surface area (Å²) >= 11 is 0. The number of benzene rings is 1. The molecular weight excluding hydrogens is 338 g/mol. The molecule has 7 nitrogen and oxygen atoms in total. The Balaban J connectivity index is 2.01. The van der Waals surface area contributed by atoms with Gasteiger partial charge in [0.05, 0.1) is 37.0 Å². The van der Waals surface area contributed by atoms with Gasteiger partial charge in [0.25, 0.3) is 0 Å². The van der Waals surface area contributed by atoms with Crippen LogP contribution in [0.15, 0.2) is 34.8 Å². The van der Waals surface area contributed by atoms with Gasteiger partial charge in [0.1, 0.15) is 11.7 Å². The van der Waals surface area contributed by atoms with Gasteiger partial charge in [0, 0.05) is 11.1 Å². The Labute approximate surface area is 150 Å². The Morgan fingerprint density at radius 3 is 2.35 bits per heavy atom. The van der Waals surface area contributed by atoms with Gasteiger partial charge in [-0.05, 0) is 13.8 Å². The number of aliphatic hydroxyl groups is 1. The van der Waals surface area contributed by atoms with E-state index in [1.807, 2.05) is 0 Å². The summed E-state index contributed by atoms with van der Waals surface area (Å²) in [6.07, 6.45) is 0. The highest BCUT2D eigenvalue weighted by molar-refractivity contribution is 6.38. The van der Waals surface area contributed by atoms with Crippen LogP contribution in [0.25, 0.3) is 5.76 Å². The number of hydrogen-bond donors (Lipinski definition) is 1. The maximum atomic E-state index is 12.8. The lowest BCUT2D eigenvalue weighted by molar-refractivity contribution is -0.156. The zero-order valence-electron chi connectivity index (χ0n) is 14.5. The summed E-state index contributed by atoms with van der Waals surface area (Å²) in [7, 11) is 0. The van der Waals surface area contributed by atoms with Crippen LogP contribution in [-0.4, -0.2) is 48.3 Å². The van der Waals surface area contributed by atoms with Gasteiger partial charge in [-0.15, -0.1) is 0 Å². The third-order valence-corrected chi connectivity index (χ3v) is 4.43. The Morgan fingerprint density at radius 1 is 1.12 bits per heavy atom. The first-order chi connectivity index (χ1) is 12.5. The standard InChI is InChI=1S/C19H19NO6/c1-3-25-18(23)12-9-20-15(13(12)19(24)26-4-2)14-16(21)10-7-5-6-8-11(10)17(14)22/h5-8,12-13,21H,3-4,9H2,1-2H3/t12-,13+/m0/s1. The number of carbonyl (C=O) groups is 3. The highest BCUT2D eigenvalue weighted by atomic mass is 16.5. The molecule has 3 rings (SSSR count). The number of rotatable bonds is 5. The summed E-state index contributed by atoms with van der Waals surface area (Å²) in [5.74, 6) is -3.85. The van der Waals surface area contributed by atoms with E-state index in [-0.39, 0.29) is 36.8 Å². The topological polar surface area (TPSA) is 102 Å². The normalized spacial score (nSPS) is 21.5. The van der Waals surface area contributed by atoms with Gasteiger partial charge >= 0.3 is 11.9 Å². The van der Waals surface area contributed by atoms with Crippen LogP contribution < -0.4 is 0 Å². The highest BCUT2D eigenvalue weighted by Gasteiger charge is 2.48. The minimum absolute atomic E-state index is 0.00193. The number of hydrogen-bond acceptors (Lipinski definition) is 7. The van der Waals surface area contributed by atoms with Crippen molar-refractivity contribution in [3.63, 3.8) is 0 Å². The predicted octanol–water partition coefficient (Wildman–Crippen LogP) is 1.97. The highest BCUT2D eigenvalue weighted by Crippen LogP contribution is 2.37. The van der Waals surface area contributed by atoms with E-state index in [2.05, 4.69) is 4.99 Å². The summed E-state index contributed by atoms with van der Waals surface area (Å²) in [6, 6.07) is 6.60. The van der Waals surface area contributed by atoms with Crippen molar-refractivity contribution in [2.75, 3.05) is 19.8 Å². The van der Waals surface area contributed by atoms with Crippen LogP contribution in [-0.2, 0) is 19.1 Å². The Hall–Kier alpha value is -2.96.